The molecule has 1 amide bonds. The largest absolute Gasteiger partial charge is 0.418 e. The van der Waals surface area contributed by atoms with E-state index in [2.05, 4.69) is 65.7 Å². The lowest BCUT2D eigenvalue weighted by molar-refractivity contribution is -0.0600. The topological polar surface area (TPSA) is 130 Å². The Labute approximate surface area is 243 Å². The van der Waals surface area contributed by atoms with Crippen LogP contribution in [0.5, 0.6) is 5.75 Å². The maximum absolute atomic E-state index is 13.1. The molecule has 4 rings (SSSR count). The van der Waals surface area contributed by atoms with Gasteiger partial charge in [0.1, 0.15) is 29.9 Å². The number of carbonyl (C=O) groups is 1. The molecule has 11 nitrogen and oxygen atoms in total. The number of fused-ring (bicyclic) bond motifs is 1. The zero-order valence-corrected chi connectivity index (χ0v) is 27.1. The fourth-order valence-electron chi connectivity index (χ4n) is 5.77. The Hall–Kier alpha value is -2.40. The highest BCUT2D eigenvalue weighted by Gasteiger charge is 2.61. The van der Waals surface area contributed by atoms with Gasteiger partial charge in [0.05, 0.1) is 6.61 Å². The molecule has 0 bridgehead atoms. The fourth-order valence-corrected chi connectivity index (χ4v) is 17.0. The van der Waals surface area contributed by atoms with Crippen LogP contribution in [0.1, 0.15) is 61.6 Å². The van der Waals surface area contributed by atoms with Crippen molar-refractivity contribution in [3.05, 3.63) is 53.1 Å². The third kappa shape index (κ3) is 6.21. The van der Waals surface area contributed by atoms with Crippen molar-refractivity contribution >= 4 is 29.0 Å². The highest BCUT2D eigenvalue weighted by atomic mass is 28.5. The summed E-state index contributed by atoms with van der Waals surface area (Å²) in [5.41, 5.74) is -0.233. The molecule has 0 radical (unpaired) electrons. The van der Waals surface area contributed by atoms with E-state index < -0.39 is 53.4 Å². The molecule has 13 heteroatoms. The first-order chi connectivity index (χ1) is 19.3. The van der Waals surface area contributed by atoms with Crippen molar-refractivity contribution in [2.45, 2.75) is 102 Å². The standard InChI is InChI=1S/C28H43N3O8Si2/c1-17(2)40(18(3)4)35-16-22-25(38-41(39-40,19(5)6)20(7)8)24(32)26(37-22)31-15-14-23(29-27(31)33)30-28(34)36-21-12-10-9-11-13-21/h9-15,17-20,22,24-26,32H,16H2,1-8H3,(H,29,30,33,34)/t22-,24+,25?,26-/m1/s1. The molecule has 1 aromatic carbocycles. The Bertz CT molecular complexity index is 1240. The Morgan fingerprint density at radius 3 is 2.17 bits per heavy atom. The van der Waals surface area contributed by atoms with Crippen LogP contribution in [0.15, 0.2) is 47.4 Å². The van der Waals surface area contributed by atoms with Gasteiger partial charge in [-0.1, -0.05) is 73.6 Å². The molecule has 1 unspecified atom stereocenters. The summed E-state index contributed by atoms with van der Waals surface area (Å²) in [7, 11) is -5.76. The third-order valence-corrected chi connectivity index (χ3v) is 18.2. The van der Waals surface area contributed by atoms with Crippen molar-refractivity contribution < 1.29 is 32.3 Å². The van der Waals surface area contributed by atoms with E-state index >= 15 is 0 Å². The van der Waals surface area contributed by atoms with E-state index in [9.17, 15) is 14.7 Å². The van der Waals surface area contributed by atoms with Crippen LogP contribution in [0.4, 0.5) is 10.6 Å². The molecule has 2 fully saturated rings. The summed E-state index contributed by atoms with van der Waals surface area (Å²) in [6.45, 7) is 17.1. The van der Waals surface area contributed by atoms with Gasteiger partial charge in [-0.15, -0.1) is 0 Å². The summed E-state index contributed by atoms with van der Waals surface area (Å²) in [5.74, 6) is 0.361. The quantitative estimate of drug-likeness (QED) is 0.416. The Balaban J connectivity index is 1.60. The molecule has 2 N–H and O–H groups in total. The van der Waals surface area contributed by atoms with Gasteiger partial charge in [-0.25, -0.2) is 9.59 Å². The zero-order valence-electron chi connectivity index (χ0n) is 25.1. The van der Waals surface area contributed by atoms with Gasteiger partial charge in [0.2, 0.25) is 0 Å². The first-order valence-electron chi connectivity index (χ1n) is 14.3. The van der Waals surface area contributed by atoms with Gasteiger partial charge < -0.3 is 27.5 Å². The van der Waals surface area contributed by atoms with Gasteiger partial charge in [-0.3, -0.25) is 9.88 Å². The number of hydrogen-bond donors (Lipinski definition) is 2. The van der Waals surface area contributed by atoms with E-state index in [1.54, 1.807) is 30.3 Å². The number of benzene rings is 1. The highest BCUT2D eigenvalue weighted by molar-refractivity contribution is 6.84. The fraction of sp³-hybridized carbons (Fsp3) is 0.607. The molecule has 2 saturated heterocycles. The van der Waals surface area contributed by atoms with Gasteiger partial charge in [0.25, 0.3) is 0 Å². The second-order valence-corrected chi connectivity index (χ2v) is 20.8. The molecule has 2 aliphatic rings. The number of para-hydroxylation sites is 1. The number of ether oxygens (including phenoxy) is 2. The van der Waals surface area contributed by atoms with Crippen LogP contribution < -0.4 is 15.7 Å². The molecule has 3 heterocycles. The Morgan fingerprint density at radius 1 is 1.00 bits per heavy atom. The zero-order chi connectivity index (χ0) is 30.1. The number of nitrogens with one attached hydrogen (secondary N) is 1. The summed E-state index contributed by atoms with van der Waals surface area (Å²) in [6, 6.07) is 9.99. The molecule has 2 aliphatic heterocycles. The van der Waals surface area contributed by atoms with Crippen molar-refractivity contribution in [2.24, 2.45) is 0 Å². The lowest BCUT2D eigenvalue weighted by Gasteiger charge is -2.51. The predicted octanol–water partition coefficient (Wildman–Crippen LogP) is 5.07. The number of nitrogens with zero attached hydrogens (tertiary/aromatic N) is 2. The third-order valence-electron chi connectivity index (χ3n) is 7.93. The van der Waals surface area contributed by atoms with Crippen molar-refractivity contribution in [1.82, 2.24) is 9.55 Å². The van der Waals surface area contributed by atoms with E-state index in [-0.39, 0.29) is 34.6 Å². The van der Waals surface area contributed by atoms with E-state index in [1.807, 2.05) is 0 Å². The normalized spacial score (nSPS) is 25.7. The molecular formula is C28H43N3O8Si2. The van der Waals surface area contributed by atoms with Crippen LogP contribution in [0.3, 0.4) is 0 Å². The lowest BCUT2D eigenvalue weighted by atomic mass is 10.1. The van der Waals surface area contributed by atoms with E-state index in [0.29, 0.717) is 5.75 Å². The maximum atomic E-state index is 13.1. The average molecular weight is 606 g/mol. The number of anilines is 1. The van der Waals surface area contributed by atoms with Crippen LogP contribution in [0.2, 0.25) is 22.2 Å². The Kier molecular flexibility index (Phi) is 9.58. The van der Waals surface area contributed by atoms with Crippen molar-refractivity contribution in [2.75, 3.05) is 11.9 Å². The number of rotatable bonds is 7. The van der Waals surface area contributed by atoms with Gasteiger partial charge in [0, 0.05) is 6.20 Å². The molecule has 1 aromatic heterocycles. The van der Waals surface area contributed by atoms with Crippen molar-refractivity contribution in [1.29, 1.82) is 0 Å². The number of aliphatic hydroxyl groups excluding tert-OH is 1. The molecule has 41 heavy (non-hydrogen) atoms. The van der Waals surface area contributed by atoms with Crippen molar-refractivity contribution in [3.8, 4) is 5.75 Å². The summed E-state index contributed by atoms with van der Waals surface area (Å²) in [6.07, 6.45) is -2.96. The first kappa shape index (κ1) is 31.5. The molecular weight excluding hydrogens is 562 g/mol. The number of aromatic nitrogens is 2. The van der Waals surface area contributed by atoms with Gasteiger partial charge >= 0.3 is 28.9 Å². The number of hydrogen-bond acceptors (Lipinski definition) is 9. The summed E-state index contributed by atoms with van der Waals surface area (Å²) in [5, 5.41) is 13.9. The molecule has 0 aliphatic carbocycles. The molecule has 0 saturated carbocycles. The Morgan fingerprint density at radius 2 is 1.61 bits per heavy atom. The summed E-state index contributed by atoms with van der Waals surface area (Å²) in [4.78, 5) is 29.3. The van der Waals surface area contributed by atoms with Crippen LogP contribution in [-0.2, 0) is 17.7 Å². The molecule has 2 aromatic rings. The molecule has 0 spiro atoms. The smallest absolute Gasteiger partial charge is 0.414 e. The summed E-state index contributed by atoms with van der Waals surface area (Å²) < 4.78 is 33.5. The van der Waals surface area contributed by atoms with E-state index in [4.69, 9.17) is 22.4 Å². The second kappa shape index (κ2) is 12.5. The minimum Gasteiger partial charge on any atom is -0.414 e. The van der Waals surface area contributed by atoms with Crippen LogP contribution in [0, 0.1) is 0 Å². The van der Waals surface area contributed by atoms with Gasteiger partial charge in [0.15, 0.2) is 6.23 Å². The number of aliphatic hydroxyl groups is 1. The predicted molar refractivity (Wildman–Crippen MR) is 158 cm³/mol. The lowest BCUT2D eigenvalue weighted by Crippen LogP contribution is -2.65. The van der Waals surface area contributed by atoms with Crippen LogP contribution in [-0.4, -0.2) is 62.8 Å². The number of carbonyl (C=O) groups excluding carboxylic acids is 1. The van der Waals surface area contributed by atoms with E-state index in [0.717, 1.165) is 0 Å². The first-order valence-corrected chi connectivity index (χ1v) is 18.2. The molecule has 226 valence electrons. The minimum absolute atomic E-state index is 0.00866. The second-order valence-electron chi connectivity index (χ2n) is 11.9. The van der Waals surface area contributed by atoms with Crippen LogP contribution >= 0.6 is 0 Å². The van der Waals surface area contributed by atoms with E-state index in [1.165, 1.54) is 16.8 Å². The maximum Gasteiger partial charge on any atom is 0.418 e. The van der Waals surface area contributed by atoms with Crippen molar-refractivity contribution in [3.63, 3.8) is 0 Å². The molecule has 4 atom stereocenters. The minimum atomic E-state index is -2.98. The number of amides is 1. The van der Waals surface area contributed by atoms with Gasteiger partial charge in [-0.05, 0) is 40.4 Å². The SMILES string of the molecule is CC(C)[Si]1(C(C)C)OC[C@H]2O[C@@H](n3ccc(NC(=O)Oc4ccccc4)nc3=O)[C@@H](O)C2O[Si](C(C)C)(C(C)C)O1. The highest BCUT2D eigenvalue weighted by Crippen LogP contribution is 2.48. The average Bonchev–Trinajstić information content (AvgIpc) is 3.18. The summed E-state index contributed by atoms with van der Waals surface area (Å²) >= 11 is 0. The van der Waals surface area contributed by atoms with Gasteiger partial charge in [-0.2, -0.15) is 4.98 Å². The van der Waals surface area contributed by atoms with Crippen LogP contribution in [0.25, 0.3) is 0 Å². The monoisotopic (exact) mass is 605 g/mol.